The van der Waals surface area contributed by atoms with Crippen molar-refractivity contribution in [2.75, 3.05) is 33.7 Å². The largest absolute Gasteiger partial charge is 0.337 e. The number of aryl methyl sites for hydroxylation is 1. The minimum atomic E-state index is 0.332. The Morgan fingerprint density at radius 1 is 1.35 bits per heavy atom. The summed E-state index contributed by atoms with van der Waals surface area (Å²) < 4.78 is 2.12. The zero-order valence-corrected chi connectivity index (χ0v) is 11.6. The second-order valence-electron chi connectivity index (χ2n) is 5.73. The lowest BCUT2D eigenvalue weighted by Crippen LogP contribution is -2.38. The molecule has 98 valence electrons. The summed E-state index contributed by atoms with van der Waals surface area (Å²) in [7, 11) is 4.25. The molecule has 0 amide bonds. The molecule has 0 aliphatic rings. The Bertz CT molecular complexity index is 290. The van der Waals surface area contributed by atoms with Gasteiger partial charge in [-0.05, 0) is 32.5 Å². The van der Waals surface area contributed by atoms with Crippen LogP contribution in [-0.4, -0.2) is 48.2 Å². The Hall–Kier alpha value is -0.870. The number of hydrogen-bond acceptors (Lipinski definition) is 3. The number of imidazole rings is 1. The van der Waals surface area contributed by atoms with Crippen molar-refractivity contribution >= 4 is 0 Å². The van der Waals surface area contributed by atoms with Crippen LogP contribution in [0.4, 0.5) is 0 Å². The van der Waals surface area contributed by atoms with E-state index >= 15 is 0 Å². The first kappa shape index (κ1) is 14.2. The van der Waals surface area contributed by atoms with Gasteiger partial charge in [0.15, 0.2) is 0 Å². The van der Waals surface area contributed by atoms with Crippen molar-refractivity contribution in [2.45, 2.75) is 26.8 Å². The molecule has 0 saturated heterocycles. The van der Waals surface area contributed by atoms with Crippen molar-refractivity contribution < 1.29 is 0 Å². The first-order valence-electron chi connectivity index (χ1n) is 6.31. The first-order chi connectivity index (χ1) is 7.99. The first-order valence-corrected chi connectivity index (χ1v) is 6.31. The van der Waals surface area contributed by atoms with Gasteiger partial charge in [0.05, 0.1) is 6.33 Å². The summed E-state index contributed by atoms with van der Waals surface area (Å²) in [5, 5.41) is 3.53. The Labute approximate surface area is 105 Å². The molecule has 0 spiro atoms. The molecule has 0 aromatic carbocycles. The van der Waals surface area contributed by atoms with E-state index < -0.39 is 0 Å². The molecule has 0 aliphatic heterocycles. The molecule has 1 aromatic heterocycles. The van der Waals surface area contributed by atoms with Gasteiger partial charge in [0.1, 0.15) is 0 Å². The van der Waals surface area contributed by atoms with E-state index in [4.69, 9.17) is 0 Å². The molecular formula is C13H26N4. The van der Waals surface area contributed by atoms with E-state index in [1.807, 2.05) is 18.7 Å². The summed E-state index contributed by atoms with van der Waals surface area (Å²) in [6.45, 7) is 8.89. The monoisotopic (exact) mass is 238 g/mol. The molecule has 0 atom stereocenters. The number of hydrogen-bond donors (Lipinski definition) is 1. The van der Waals surface area contributed by atoms with Crippen LogP contribution in [0.1, 0.15) is 20.3 Å². The fourth-order valence-corrected chi connectivity index (χ4v) is 2.14. The maximum atomic E-state index is 4.03. The summed E-state index contributed by atoms with van der Waals surface area (Å²) in [5.41, 5.74) is 0.332. The maximum Gasteiger partial charge on any atom is 0.0945 e. The predicted molar refractivity (Wildman–Crippen MR) is 72.0 cm³/mol. The van der Waals surface area contributed by atoms with Gasteiger partial charge < -0.3 is 14.8 Å². The highest BCUT2D eigenvalue weighted by Crippen LogP contribution is 2.13. The second kappa shape index (κ2) is 6.77. The highest BCUT2D eigenvalue weighted by molar-refractivity contribution is 4.75. The van der Waals surface area contributed by atoms with Gasteiger partial charge in [-0.25, -0.2) is 4.98 Å². The molecule has 17 heavy (non-hydrogen) atoms. The maximum absolute atomic E-state index is 4.03. The van der Waals surface area contributed by atoms with Crippen LogP contribution in [0.3, 0.4) is 0 Å². The van der Waals surface area contributed by atoms with Crippen molar-refractivity contribution in [3.05, 3.63) is 18.7 Å². The van der Waals surface area contributed by atoms with E-state index in [9.17, 15) is 0 Å². The molecule has 0 bridgehead atoms. The van der Waals surface area contributed by atoms with Gasteiger partial charge in [0.2, 0.25) is 0 Å². The second-order valence-corrected chi connectivity index (χ2v) is 5.73. The molecule has 0 fully saturated rings. The van der Waals surface area contributed by atoms with Crippen molar-refractivity contribution in [1.29, 1.82) is 0 Å². The van der Waals surface area contributed by atoms with Crippen LogP contribution in [-0.2, 0) is 6.54 Å². The van der Waals surface area contributed by atoms with Crippen LogP contribution < -0.4 is 5.32 Å². The predicted octanol–water partition coefficient (Wildman–Crippen LogP) is 1.45. The Balaban J connectivity index is 2.07. The molecule has 0 aliphatic carbocycles. The molecule has 1 heterocycles. The van der Waals surface area contributed by atoms with Crippen molar-refractivity contribution in [1.82, 2.24) is 19.8 Å². The smallest absolute Gasteiger partial charge is 0.0945 e. The third-order valence-electron chi connectivity index (χ3n) is 2.68. The summed E-state index contributed by atoms with van der Waals surface area (Å²) >= 11 is 0. The van der Waals surface area contributed by atoms with Crippen LogP contribution in [0.25, 0.3) is 0 Å². The quantitative estimate of drug-likeness (QED) is 0.696. The highest BCUT2D eigenvalue weighted by Gasteiger charge is 2.17. The number of nitrogens with one attached hydrogen (secondary N) is 1. The minimum Gasteiger partial charge on any atom is -0.337 e. The molecule has 4 heteroatoms. The standard InChI is InChI=1S/C13H26N4/c1-13(2,11-16(3)4)10-14-6-5-8-17-9-7-15-12-17/h7,9,12,14H,5-6,8,10-11H2,1-4H3. The van der Waals surface area contributed by atoms with Crippen molar-refractivity contribution in [3.8, 4) is 0 Å². The number of nitrogens with zero attached hydrogens (tertiary/aromatic N) is 3. The van der Waals surface area contributed by atoms with Crippen LogP contribution in [0, 0.1) is 5.41 Å². The highest BCUT2D eigenvalue weighted by atomic mass is 15.1. The number of aromatic nitrogens is 2. The SMILES string of the molecule is CN(C)CC(C)(C)CNCCCn1ccnc1. The topological polar surface area (TPSA) is 33.1 Å². The third-order valence-corrected chi connectivity index (χ3v) is 2.68. The normalized spacial score (nSPS) is 12.3. The fraction of sp³-hybridized carbons (Fsp3) is 0.769. The number of rotatable bonds is 8. The van der Waals surface area contributed by atoms with Crippen LogP contribution in [0.15, 0.2) is 18.7 Å². The average Bonchev–Trinajstić information content (AvgIpc) is 2.67. The zero-order valence-electron chi connectivity index (χ0n) is 11.6. The van der Waals surface area contributed by atoms with Gasteiger partial charge in [-0.3, -0.25) is 0 Å². The molecule has 1 aromatic rings. The van der Waals surface area contributed by atoms with E-state index in [0.29, 0.717) is 5.41 Å². The van der Waals surface area contributed by atoms with Crippen molar-refractivity contribution in [3.63, 3.8) is 0 Å². The lowest BCUT2D eigenvalue weighted by atomic mass is 9.93. The van der Waals surface area contributed by atoms with E-state index in [1.165, 1.54) is 0 Å². The van der Waals surface area contributed by atoms with Gasteiger partial charge in [-0.2, -0.15) is 0 Å². The molecule has 1 rings (SSSR count). The lowest BCUT2D eigenvalue weighted by Gasteiger charge is -2.28. The van der Waals surface area contributed by atoms with Gasteiger partial charge in [-0.15, -0.1) is 0 Å². The molecule has 0 saturated carbocycles. The third kappa shape index (κ3) is 6.44. The molecule has 1 N–H and O–H groups in total. The van der Waals surface area contributed by atoms with Gasteiger partial charge in [0, 0.05) is 32.0 Å². The van der Waals surface area contributed by atoms with Gasteiger partial charge >= 0.3 is 0 Å². The van der Waals surface area contributed by atoms with Crippen LogP contribution in [0.5, 0.6) is 0 Å². The average molecular weight is 238 g/mol. The Kier molecular flexibility index (Phi) is 5.65. The Morgan fingerprint density at radius 2 is 2.12 bits per heavy atom. The Morgan fingerprint density at radius 3 is 2.71 bits per heavy atom. The van der Waals surface area contributed by atoms with E-state index in [1.54, 1.807) is 0 Å². The fourth-order valence-electron chi connectivity index (χ4n) is 2.14. The molecule has 0 unspecified atom stereocenters. The summed E-state index contributed by atoms with van der Waals surface area (Å²) in [6, 6.07) is 0. The van der Waals surface area contributed by atoms with E-state index in [-0.39, 0.29) is 0 Å². The van der Waals surface area contributed by atoms with Crippen LogP contribution >= 0.6 is 0 Å². The van der Waals surface area contributed by atoms with Gasteiger partial charge in [-0.1, -0.05) is 13.8 Å². The molecular weight excluding hydrogens is 212 g/mol. The van der Waals surface area contributed by atoms with Gasteiger partial charge in [0.25, 0.3) is 0 Å². The molecule has 0 radical (unpaired) electrons. The van der Waals surface area contributed by atoms with Crippen molar-refractivity contribution in [2.24, 2.45) is 5.41 Å². The lowest BCUT2D eigenvalue weighted by molar-refractivity contribution is 0.232. The molecule has 4 nitrogen and oxygen atoms in total. The minimum absolute atomic E-state index is 0.332. The van der Waals surface area contributed by atoms with E-state index in [2.05, 4.69) is 47.7 Å². The summed E-state index contributed by atoms with van der Waals surface area (Å²) in [6.07, 6.45) is 6.86. The summed E-state index contributed by atoms with van der Waals surface area (Å²) in [5.74, 6) is 0. The van der Waals surface area contributed by atoms with E-state index in [0.717, 1.165) is 32.6 Å². The summed E-state index contributed by atoms with van der Waals surface area (Å²) in [4.78, 5) is 6.27. The van der Waals surface area contributed by atoms with Crippen LogP contribution in [0.2, 0.25) is 0 Å². The zero-order chi connectivity index (χ0) is 12.7.